The van der Waals surface area contributed by atoms with Gasteiger partial charge in [-0.05, 0) is 37.8 Å². The maximum absolute atomic E-state index is 6.31. The molecule has 1 saturated heterocycles. The zero-order valence-corrected chi connectivity index (χ0v) is 10.3. The summed E-state index contributed by atoms with van der Waals surface area (Å²) >= 11 is 6.31. The van der Waals surface area contributed by atoms with E-state index in [1.165, 1.54) is 25.7 Å². The Labute approximate surface area is 105 Å². The van der Waals surface area contributed by atoms with Crippen molar-refractivity contribution in [3.63, 3.8) is 0 Å². The molecule has 1 N–H and O–H groups in total. The number of halogens is 1. The van der Waals surface area contributed by atoms with Crippen LogP contribution in [0.1, 0.15) is 25.7 Å². The van der Waals surface area contributed by atoms with Crippen LogP contribution in [0.25, 0.3) is 10.9 Å². The van der Waals surface area contributed by atoms with Gasteiger partial charge in [-0.15, -0.1) is 0 Å². The van der Waals surface area contributed by atoms with Gasteiger partial charge in [-0.2, -0.15) is 5.10 Å². The third-order valence-electron chi connectivity index (χ3n) is 4.20. The zero-order chi connectivity index (χ0) is 11.5. The van der Waals surface area contributed by atoms with Gasteiger partial charge in [0.15, 0.2) is 5.82 Å². The van der Waals surface area contributed by atoms with Crippen molar-refractivity contribution in [3.8, 4) is 0 Å². The van der Waals surface area contributed by atoms with Crippen molar-refractivity contribution in [2.75, 3.05) is 11.4 Å². The Bertz CT molecular complexity index is 585. The van der Waals surface area contributed by atoms with E-state index in [2.05, 4.69) is 15.1 Å². The highest BCUT2D eigenvalue weighted by molar-refractivity contribution is 6.36. The molecule has 88 valence electrons. The second-order valence-corrected chi connectivity index (χ2v) is 5.60. The van der Waals surface area contributed by atoms with Crippen molar-refractivity contribution in [1.82, 2.24) is 10.2 Å². The van der Waals surface area contributed by atoms with E-state index < -0.39 is 0 Å². The lowest BCUT2D eigenvalue weighted by molar-refractivity contribution is 0.664. The van der Waals surface area contributed by atoms with Crippen LogP contribution in [0.2, 0.25) is 5.02 Å². The second-order valence-electron chi connectivity index (χ2n) is 5.19. The number of hydrogen-bond acceptors (Lipinski definition) is 2. The first-order valence-electron chi connectivity index (χ1n) is 6.20. The van der Waals surface area contributed by atoms with Crippen molar-refractivity contribution in [2.45, 2.75) is 31.2 Å². The lowest BCUT2D eigenvalue weighted by Gasteiger charge is -2.24. The Morgan fingerprint density at radius 2 is 2.18 bits per heavy atom. The summed E-state index contributed by atoms with van der Waals surface area (Å²) in [5.41, 5.74) is 1.46. The molecule has 2 aromatic rings. The summed E-state index contributed by atoms with van der Waals surface area (Å²) in [5, 5.41) is 9.47. The maximum Gasteiger partial charge on any atom is 0.160 e. The van der Waals surface area contributed by atoms with E-state index in [0.717, 1.165) is 28.3 Å². The molecule has 3 nitrogen and oxygen atoms in total. The van der Waals surface area contributed by atoms with E-state index in [4.69, 9.17) is 11.6 Å². The van der Waals surface area contributed by atoms with Gasteiger partial charge in [0.1, 0.15) is 0 Å². The highest BCUT2D eigenvalue weighted by atomic mass is 35.5. The van der Waals surface area contributed by atoms with E-state index in [-0.39, 0.29) is 0 Å². The van der Waals surface area contributed by atoms with Crippen molar-refractivity contribution in [1.29, 1.82) is 0 Å². The standard InChI is InChI=1S/C13H14ClN3/c14-9-3-1-4-10-11(9)12(16-15-10)17-8-2-5-13(17)6-7-13/h1,3-4H,2,5-8H2,(H,15,16). The quantitative estimate of drug-likeness (QED) is 0.838. The highest BCUT2D eigenvalue weighted by Crippen LogP contribution is 2.52. The molecule has 0 bridgehead atoms. The molecule has 4 heteroatoms. The summed E-state index contributed by atoms with van der Waals surface area (Å²) < 4.78 is 0. The minimum Gasteiger partial charge on any atom is -0.349 e. The number of rotatable bonds is 1. The monoisotopic (exact) mass is 247 g/mol. The minimum absolute atomic E-state index is 0.418. The number of anilines is 1. The molecule has 2 aliphatic rings. The van der Waals surface area contributed by atoms with E-state index in [0.29, 0.717) is 5.54 Å². The third kappa shape index (κ3) is 1.26. The summed E-state index contributed by atoms with van der Waals surface area (Å²) in [6.45, 7) is 1.12. The predicted octanol–water partition coefficient (Wildman–Crippen LogP) is 3.35. The van der Waals surface area contributed by atoms with Crippen LogP contribution in [0.4, 0.5) is 5.82 Å². The summed E-state index contributed by atoms with van der Waals surface area (Å²) in [7, 11) is 0. The molecule has 4 rings (SSSR count). The lowest BCUT2D eigenvalue weighted by Crippen LogP contribution is -2.31. The average Bonchev–Trinajstić information content (AvgIpc) is 2.79. The van der Waals surface area contributed by atoms with Gasteiger partial charge in [-0.1, -0.05) is 17.7 Å². The topological polar surface area (TPSA) is 31.9 Å². The molecule has 1 spiro atoms. The number of benzene rings is 1. The fraction of sp³-hybridized carbons (Fsp3) is 0.462. The second kappa shape index (κ2) is 3.16. The number of hydrogen-bond donors (Lipinski definition) is 1. The Kier molecular flexibility index (Phi) is 1.82. The Morgan fingerprint density at radius 3 is 3.00 bits per heavy atom. The van der Waals surface area contributed by atoms with Gasteiger partial charge in [0.05, 0.1) is 15.9 Å². The molecule has 2 fully saturated rings. The summed E-state index contributed by atoms with van der Waals surface area (Å²) in [6, 6.07) is 5.94. The summed E-state index contributed by atoms with van der Waals surface area (Å²) in [5.74, 6) is 1.06. The molecule has 17 heavy (non-hydrogen) atoms. The lowest BCUT2D eigenvalue weighted by atomic mass is 10.2. The van der Waals surface area contributed by atoms with Crippen LogP contribution in [0.15, 0.2) is 18.2 Å². The number of aromatic nitrogens is 2. The Morgan fingerprint density at radius 1 is 1.29 bits per heavy atom. The van der Waals surface area contributed by atoms with Crippen LogP contribution in [0, 0.1) is 0 Å². The normalized spacial score (nSPS) is 21.6. The van der Waals surface area contributed by atoms with E-state index >= 15 is 0 Å². The molecular formula is C13H14ClN3. The maximum atomic E-state index is 6.31. The molecular weight excluding hydrogens is 234 g/mol. The molecule has 2 heterocycles. The van der Waals surface area contributed by atoms with Crippen molar-refractivity contribution < 1.29 is 0 Å². The van der Waals surface area contributed by atoms with Gasteiger partial charge in [0, 0.05) is 12.1 Å². The van der Waals surface area contributed by atoms with Crippen LogP contribution in [0.3, 0.4) is 0 Å². The SMILES string of the molecule is Clc1cccc2[nH]nc(N3CCCC34CC4)c12. The first kappa shape index (κ1) is 9.77. The summed E-state index contributed by atoms with van der Waals surface area (Å²) in [4.78, 5) is 2.47. The molecule has 0 amide bonds. The molecule has 1 saturated carbocycles. The van der Waals surface area contributed by atoms with E-state index in [1.807, 2.05) is 18.2 Å². The van der Waals surface area contributed by atoms with Gasteiger partial charge in [0.25, 0.3) is 0 Å². The van der Waals surface area contributed by atoms with Crippen LogP contribution in [0.5, 0.6) is 0 Å². The fourth-order valence-electron chi connectivity index (χ4n) is 3.14. The van der Waals surface area contributed by atoms with Crippen LogP contribution >= 0.6 is 11.6 Å². The van der Waals surface area contributed by atoms with Gasteiger partial charge in [-0.3, -0.25) is 5.10 Å². The first-order chi connectivity index (χ1) is 8.30. The number of aromatic amines is 1. The minimum atomic E-state index is 0.418. The van der Waals surface area contributed by atoms with Crippen LogP contribution < -0.4 is 4.90 Å². The fourth-order valence-corrected chi connectivity index (χ4v) is 3.40. The van der Waals surface area contributed by atoms with Crippen molar-refractivity contribution in [3.05, 3.63) is 23.2 Å². The first-order valence-corrected chi connectivity index (χ1v) is 6.58. The third-order valence-corrected chi connectivity index (χ3v) is 4.51. The number of H-pyrrole nitrogens is 1. The van der Waals surface area contributed by atoms with Crippen LogP contribution in [-0.4, -0.2) is 22.3 Å². The smallest absolute Gasteiger partial charge is 0.160 e. The van der Waals surface area contributed by atoms with Crippen molar-refractivity contribution >= 4 is 28.3 Å². The average molecular weight is 248 g/mol. The summed E-state index contributed by atoms with van der Waals surface area (Å²) in [6.07, 6.45) is 5.21. The molecule has 0 unspecified atom stereocenters. The van der Waals surface area contributed by atoms with Gasteiger partial charge < -0.3 is 4.90 Å². The van der Waals surface area contributed by atoms with Gasteiger partial charge in [-0.25, -0.2) is 0 Å². The van der Waals surface area contributed by atoms with Crippen molar-refractivity contribution in [2.24, 2.45) is 0 Å². The van der Waals surface area contributed by atoms with Crippen LogP contribution in [-0.2, 0) is 0 Å². The Balaban J connectivity index is 1.91. The number of nitrogens with zero attached hydrogens (tertiary/aromatic N) is 2. The van der Waals surface area contributed by atoms with Gasteiger partial charge >= 0.3 is 0 Å². The molecule has 0 radical (unpaired) electrons. The van der Waals surface area contributed by atoms with Gasteiger partial charge in [0.2, 0.25) is 0 Å². The predicted molar refractivity (Wildman–Crippen MR) is 69.6 cm³/mol. The number of nitrogens with one attached hydrogen (secondary N) is 1. The number of fused-ring (bicyclic) bond motifs is 1. The Hall–Kier alpha value is -1.22. The largest absolute Gasteiger partial charge is 0.349 e. The molecule has 1 aromatic heterocycles. The molecule has 1 aliphatic heterocycles. The molecule has 1 aliphatic carbocycles. The highest BCUT2D eigenvalue weighted by Gasteiger charge is 2.51. The molecule has 0 atom stereocenters. The van der Waals surface area contributed by atoms with E-state index in [1.54, 1.807) is 0 Å². The molecule has 1 aromatic carbocycles. The van der Waals surface area contributed by atoms with E-state index in [9.17, 15) is 0 Å². The zero-order valence-electron chi connectivity index (χ0n) is 9.54.